The van der Waals surface area contributed by atoms with Gasteiger partial charge in [-0.1, -0.05) is 17.7 Å². The lowest BCUT2D eigenvalue weighted by Gasteiger charge is -2.10. The third-order valence-electron chi connectivity index (χ3n) is 2.31. The summed E-state index contributed by atoms with van der Waals surface area (Å²) in [5.74, 6) is -0.0721. The van der Waals surface area contributed by atoms with Crippen LogP contribution in [0.1, 0.15) is 17.5 Å². The normalized spacial score (nSPS) is 12.4. The highest BCUT2D eigenvalue weighted by Gasteiger charge is 2.13. The first-order valence-corrected chi connectivity index (χ1v) is 5.43. The van der Waals surface area contributed by atoms with Gasteiger partial charge in [-0.3, -0.25) is 0 Å². The first-order chi connectivity index (χ1) is 8.16. The third kappa shape index (κ3) is 2.99. The summed E-state index contributed by atoms with van der Waals surface area (Å²) < 4.78 is 12.8. The molecule has 1 heterocycles. The molecule has 0 aliphatic carbocycles. The highest BCUT2D eigenvalue weighted by atomic mass is 35.5. The number of hydrogen-bond acceptors (Lipinski definition) is 3. The van der Waals surface area contributed by atoms with Gasteiger partial charge in [-0.05, 0) is 23.8 Å². The molecule has 0 aliphatic heterocycles. The summed E-state index contributed by atoms with van der Waals surface area (Å²) in [6.45, 7) is 0. The molecule has 0 saturated heterocycles. The van der Waals surface area contributed by atoms with Crippen LogP contribution < -0.4 is 0 Å². The standard InChI is InChI=1S/C12H10ClFN2O/c13-10-7-9(14)3-2-8(10)6-11(17)12-15-4-1-5-16-12/h1-5,7,11,17H,6H2. The molecule has 1 aromatic heterocycles. The largest absolute Gasteiger partial charge is 0.385 e. The van der Waals surface area contributed by atoms with Gasteiger partial charge >= 0.3 is 0 Å². The lowest BCUT2D eigenvalue weighted by atomic mass is 10.1. The van der Waals surface area contributed by atoms with Crippen molar-refractivity contribution in [2.24, 2.45) is 0 Å². The Kier molecular flexibility index (Phi) is 3.66. The maximum Gasteiger partial charge on any atom is 0.157 e. The highest BCUT2D eigenvalue weighted by Crippen LogP contribution is 2.22. The Morgan fingerprint density at radius 2 is 2.00 bits per heavy atom. The van der Waals surface area contributed by atoms with Crippen molar-refractivity contribution in [2.45, 2.75) is 12.5 Å². The topological polar surface area (TPSA) is 46.0 Å². The molecule has 1 aromatic carbocycles. The van der Waals surface area contributed by atoms with E-state index in [0.717, 1.165) is 0 Å². The second kappa shape index (κ2) is 5.21. The summed E-state index contributed by atoms with van der Waals surface area (Å²) in [4.78, 5) is 7.89. The Morgan fingerprint density at radius 1 is 1.29 bits per heavy atom. The van der Waals surface area contributed by atoms with E-state index in [9.17, 15) is 9.50 Å². The Morgan fingerprint density at radius 3 is 2.65 bits per heavy atom. The molecule has 1 unspecified atom stereocenters. The molecule has 5 heteroatoms. The van der Waals surface area contributed by atoms with E-state index in [0.29, 0.717) is 16.4 Å². The zero-order chi connectivity index (χ0) is 12.3. The molecule has 1 N–H and O–H groups in total. The molecule has 0 bridgehead atoms. The van der Waals surface area contributed by atoms with Crippen LogP contribution >= 0.6 is 11.6 Å². The molecule has 0 saturated carbocycles. The average molecular weight is 253 g/mol. The van der Waals surface area contributed by atoms with E-state index in [-0.39, 0.29) is 6.42 Å². The molecule has 3 nitrogen and oxygen atoms in total. The highest BCUT2D eigenvalue weighted by molar-refractivity contribution is 6.31. The van der Waals surface area contributed by atoms with Gasteiger partial charge in [-0.25, -0.2) is 14.4 Å². The van der Waals surface area contributed by atoms with Crippen LogP contribution in [-0.4, -0.2) is 15.1 Å². The molecule has 17 heavy (non-hydrogen) atoms. The molecule has 0 amide bonds. The zero-order valence-electron chi connectivity index (χ0n) is 8.85. The van der Waals surface area contributed by atoms with E-state index in [2.05, 4.69) is 9.97 Å². The fraction of sp³-hybridized carbons (Fsp3) is 0.167. The molecular formula is C12H10ClFN2O. The second-order valence-corrected chi connectivity index (χ2v) is 3.97. The molecule has 88 valence electrons. The van der Waals surface area contributed by atoms with E-state index in [1.807, 2.05) is 0 Å². The summed E-state index contributed by atoms with van der Waals surface area (Å²) in [7, 11) is 0. The van der Waals surface area contributed by atoms with Crippen molar-refractivity contribution in [1.29, 1.82) is 0 Å². The first-order valence-electron chi connectivity index (χ1n) is 5.05. The van der Waals surface area contributed by atoms with E-state index in [4.69, 9.17) is 11.6 Å². The third-order valence-corrected chi connectivity index (χ3v) is 2.66. The van der Waals surface area contributed by atoms with Gasteiger partial charge in [-0.2, -0.15) is 0 Å². The molecule has 2 aromatic rings. The van der Waals surface area contributed by atoms with Crippen LogP contribution in [0.25, 0.3) is 0 Å². The van der Waals surface area contributed by atoms with Crippen molar-refractivity contribution in [3.63, 3.8) is 0 Å². The molecule has 0 spiro atoms. The van der Waals surface area contributed by atoms with Crippen molar-refractivity contribution in [3.8, 4) is 0 Å². The first kappa shape index (κ1) is 12.0. The fourth-order valence-corrected chi connectivity index (χ4v) is 1.71. The monoisotopic (exact) mass is 252 g/mol. The summed E-state index contributed by atoms with van der Waals surface area (Å²) in [5.41, 5.74) is 0.660. The van der Waals surface area contributed by atoms with Crippen molar-refractivity contribution in [2.75, 3.05) is 0 Å². The molecule has 1 atom stereocenters. The van der Waals surface area contributed by atoms with Gasteiger partial charge < -0.3 is 5.11 Å². The van der Waals surface area contributed by atoms with Gasteiger partial charge in [0.2, 0.25) is 0 Å². The molecule has 0 fully saturated rings. The second-order valence-electron chi connectivity index (χ2n) is 3.56. The minimum atomic E-state index is -0.848. The van der Waals surface area contributed by atoms with E-state index in [1.165, 1.54) is 12.1 Å². The van der Waals surface area contributed by atoms with Gasteiger partial charge in [0.1, 0.15) is 11.9 Å². The van der Waals surface area contributed by atoms with Gasteiger partial charge in [0.25, 0.3) is 0 Å². The summed E-state index contributed by atoms with van der Waals surface area (Å²) >= 11 is 5.87. The average Bonchev–Trinajstić information content (AvgIpc) is 2.34. The van der Waals surface area contributed by atoms with E-state index in [1.54, 1.807) is 24.5 Å². The number of aliphatic hydroxyl groups excluding tert-OH is 1. The Labute approximate surface area is 103 Å². The smallest absolute Gasteiger partial charge is 0.157 e. The Balaban J connectivity index is 2.16. The van der Waals surface area contributed by atoms with Crippen LogP contribution in [0, 0.1) is 5.82 Å². The molecule has 0 aliphatic rings. The molecular weight excluding hydrogens is 243 g/mol. The summed E-state index contributed by atoms with van der Waals surface area (Å²) in [5, 5.41) is 10.2. The van der Waals surface area contributed by atoms with Crippen LogP contribution in [-0.2, 0) is 6.42 Å². The lowest BCUT2D eigenvalue weighted by Crippen LogP contribution is -2.06. The van der Waals surface area contributed by atoms with Crippen molar-refractivity contribution < 1.29 is 9.50 Å². The van der Waals surface area contributed by atoms with E-state index >= 15 is 0 Å². The fourth-order valence-electron chi connectivity index (χ4n) is 1.47. The van der Waals surface area contributed by atoms with Gasteiger partial charge in [0.15, 0.2) is 5.82 Å². The van der Waals surface area contributed by atoms with Gasteiger partial charge in [0.05, 0.1) is 0 Å². The minimum absolute atomic E-state index is 0.253. The minimum Gasteiger partial charge on any atom is -0.385 e. The predicted octanol–water partition coefficient (Wildman–Crippen LogP) is 2.55. The van der Waals surface area contributed by atoms with Crippen molar-refractivity contribution in [1.82, 2.24) is 9.97 Å². The van der Waals surface area contributed by atoms with Crippen molar-refractivity contribution >= 4 is 11.6 Å². The number of aliphatic hydroxyl groups is 1. The maximum absolute atomic E-state index is 12.8. The number of rotatable bonds is 3. The summed E-state index contributed by atoms with van der Waals surface area (Å²) in [6, 6.07) is 5.74. The molecule has 2 rings (SSSR count). The SMILES string of the molecule is OC(Cc1ccc(F)cc1Cl)c1ncccn1. The number of halogens is 2. The number of aromatic nitrogens is 2. The van der Waals surface area contributed by atoms with Crippen molar-refractivity contribution in [3.05, 3.63) is 58.9 Å². The predicted molar refractivity (Wildman–Crippen MR) is 62.1 cm³/mol. The van der Waals surface area contributed by atoms with Gasteiger partial charge in [-0.15, -0.1) is 0 Å². The Bertz CT molecular complexity index is 507. The van der Waals surface area contributed by atoms with Crippen LogP contribution in [0.3, 0.4) is 0 Å². The number of nitrogens with zero attached hydrogens (tertiary/aromatic N) is 2. The maximum atomic E-state index is 12.8. The molecule has 0 radical (unpaired) electrons. The summed E-state index contributed by atoms with van der Waals surface area (Å²) in [6.07, 6.45) is 2.51. The van der Waals surface area contributed by atoms with E-state index < -0.39 is 11.9 Å². The van der Waals surface area contributed by atoms with Gasteiger partial charge in [0, 0.05) is 23.8 Å². The van der Waals surface area contributed by atoms with Crippen LogP contribution in [0.2, 0.25) is 5.02 Å². The quantitative estimate of drug-likeness (QED) is 0.913. The Hall–Kier alpha value is -1.52. The van der Waals surface area contributed by atoms with Crippen LogP contribution in [0.4, 0.5) is 4.39 Å². The lowest BCUT2D eigenvalue weighted by molar-refractivity contribution is 0.168. The van der Waals surface area contributed by atoms with Crippen LogP contribution in [0.5, 0.6) is 0 Å². The number of benzene rings is 1. The number of hydrogen-bond donors (Lipinski definition) is 1. The zero-order valence-corrected chi connectivity index (χ0v) is 9.60. The van der Waals surface area contributed by atoms with Crippen LogP contribution in [0.15, 0.2) is 36.7 Å².